The van der Waals surface area contributed by atoms with Crippen LogP contribution in [0.4, 0.5) is 0 Å². The Labute approximate surface area is 131 Å². The maximum atomic E-state index is 5.40. The maximum absolute atomic E-state index is 5.40. The first-order valence-electron chi connectivity index (χ1n) is 6.75. The van der Waals surface area contributed by atoms with E-state index in [9.17, 15) is 0 Å². The lowest BCUT2D eigenvalue weighted by Gasteiger charge is -2.17. The van der Waals surface area contributed by atoms with Crippen molar-refractivity contribution in [1.82, 2.24) is 4.90 Å². The van der Waals surface area contributed by atoms with Crippen molar-refractivity contribution in [2.24, 2.45) is 4.99 Å². The second kappa shape index (κ2) is 4.93. The fourth-order valence-electron chi connectivity index (χ4n) is 2.74. The van der Waals surface area contributed by atoms with E-state index in [0.717, 1.165) is 23.3 Å². The molecule has 5 heteroatoms. The van der Waals surface area contributed by atoms with Gasteiger partial charge in [0.05, 0.1) is 19.4 Å². The van der Waals surface area contributed by atoms with Gasteiger partial charge in [0.2, 0.25) is 0 Å². The molecule has 2 aromatic rings. The van der Waals surface area contributed by atoms with Crippen LogP contribution in [-0.4, -0.2) is 30.3 Å². The largest absolute Gasteiger partial charge is 0.487 e. The summed E-state index contributed by atoms with van der Waals surface area (Å²) in [5.74, 6) is 0. The van der Waals surface area contributed by atoms with E-state index in [4.69, 9.17) is 4.74 Å². The Morgan fingerprint density at radius 2 is 2.33 bits per heavy atom. The monoisotopic (exact) mass is 314 g/mol. The number of hydrogen-bond acceptors (Lipinski definition) is 5. The van der Waals surface area contributed by atoms with Gasteiger partial charge in [0.25, 0.3) is 0 Å². The number of ether oxygens (including phenoxy) is 1. The summed E-state index contributed by atoms with van der Waals surface area (Å²) in [6.07, 6.45) is 1.94. The lowest BCUT2D eigenvalue weighted by Crippen LogP contribution is -2.20. The van der Waals surface area contributed by atoms with Crippen LogP contribution in [0.15, 0.2) is 46.8 Å². The molecule has 0 atom stereocenters. The first-order chi connectivity index (χ1) is 10.3. The van der Waals surface area contributed by atoms with E-state index in [1.807, 2.05) is 6.08 Å². The van der Waals surface area contributed by atoms with Crippen molar-refractivity contribution in [3.05, 3.63) is 47.4 Å². The van der Waals surface area contributed by atoms with Crippen molar-refractivity contribution >= 4 is 44.0 Å². The van der Waals surface area contributed by atoms with Crippen molar-refractivity contribution in [1.29, 1.82) is 0 Å². The van der Waals surface area contributed by atoms with Crippen LogP contribution in [0.25, 0.3) is 15.8 Å². The van der Waals surface area contributed by atoms with Gasteiger partial charge in [0, 0.05) is 21.7 Å². The Morgan fingerprint density at radius 1 is 1.43 bits per heavy atom. The van der Waals surface area contributed by atoms with Crippen LogP contribution in [0.5, 0.6) is 5.06 Å². The average Bonchev–Trinajstić information content (AvgIpc) is 3.19. The number of allylic oxidation sites excluding steroid dienone is 1. The van der Waals surface area contributed by atoms with Gasteiger partial charge >= 0.3 is 0 Å². The molecule has 4 rings (SSSR count). The van der Waals surface area contributed by atoms with Gasteiger partial charge in [-0.3, -0.25) is 4.99 Å². The Balaban J connectivity index is 1.94. The topological polar surface area (TPSA) is 24.8 Å². The van der Waals surface area contributed by atoms with E-state index in [2.05, 4.69) is 40.7 Å². The number of nitrogens with zero attached hydrogens (tertiary/aromatic N) is 2. The highest BCUT2D eigenvalue weighted by atomic mass is 32.2. The summed E-state index contributed by atoms with van der Waals surface area (Å²) in [7, 11) is 1.72. The number of thiophene rings is 1. The first-order valence-corrected chi connectivity index (χ1v) is 8.38. The first kappa shape index (κ1) is 13.0. The number of aliphatic imine (C=N–C) groups is 1. The Hall–Kier alpha value is -1.72. The van der Waals surface area contributed by atoms with Crippen LogP contribution in [0.1, 0.15) is 5.56 Å². The number of hydrogen-bond donors (Lipinski definition) is 0. The number of fused-ring (bicyclic) bond motifs is 2. The number of rotatable bonds is 3. The molecule has 0 N–H and O–H groups in total. The van der Waals surface area contributed by atoms with Crippen LogP contribution >= 0.6 is 23.1 Å². The van der Waals surface area contributed by atoms with E-state index in [0.29, 0.717) is 0 Å². The molecule has 106 valence electrons. The summed E-state index contributed by atoms with van der Waals surface area (Å²) in [6, 6.07) is 8.51. The second-order valence-electron chi connectivity index (χ2n) is 4.83. The van der Waals surface area contributed by atoms with Crippen molar-refractivity contribution in [2.45, 2.75) is 0 Å². The van der Waals surface area contributed by atoms with E-state index in [1.54, 1.807) is 30.2 Å². The molecule has 0 spiro atoms. The second-order valence-corrected chi connectivity index (χ2v) is 6.85. The molecule has 3 nitrogen and oxygen atoms in total. The molecular weight excluding hydrogens is 300 g/mol. The molecule has 0 saturated carbocycles. The van der Waals surface area contributed by atoms with Crippen LogP contribution in [0.3, 0.4) is 0 Å². The summed E-state index contributed by atoms with van der Waals surface area (Å²) < 4.78 is 6.66. The average molecular weight is 314 g/mol. The molecule has 0 unspecified atom stereocenters. The molecule has 2 aliphatic heterocycles. The van der Waals surface area contributed by atoms with Gasteiger partial charge in [-0.2, -0.15) is 0 Å². The van der Waals surface area contributed by atoms with Crippen molar-refractivity contribution < 1.29 is 4.74 Å². The zero-order chi connectivity index (χ0) is 14.4. The van der Waals surface area contributed by atoms with Crippen LogP contribution < -0.4 is 4.74 Å². The molecule has 2 aliphatic rings. The Morgan fingerprint density at radius 3 is 3.14 bits per heavy atom. The fourth-order valence-corrected chi connectivity index (χ4v) is 4.78. The standard InChI is InChI=1S/C16H14N2OS2/c1-3-12-14(18-8-7-17-16(18)20-12)11-6-4-5-10-9-13(19-2)21-15(10)11/h3-6,9H,1,7-8H2,2H3. The SMILES string of the molecule is C=CC1=C(c2cccc3cc(OC)sc23)N2CCN=C2S1. The smallest absolute Gasteiger partial charge is 0.174 e. The number of methoxy groups -OCH3 is 1. The Bertz CT molecular complexity index is 804. The predicted molar refractivity (Wildman–Crippen MR) is 92.1 cm³/mol. The molecule has 21 heavy (non-hydrogen) atoms. The van der Waals surface area contributed by atoms with E-state index in [1.165, 1.54) is 26.3 Å². The minimum atomic E-state index is 0.875. The molecule has 1 aromatic heterocycles. The summed E-state index contributed by atoms with van der Waals surface area (Å²) in [5.41, 5.74) is 2.48. The number of benzene rings is 1. The molecule has 0 saturated heterocycles. The third-order valence-corrected chi connectivity index (χ3v) is 5.93. The molecule has 0 radical (unpaired) electrons. The van der Waals surface area contributed by atoms with Crippen molar-refractivity contribution in [2.75, 3.05) is 20.2 Å². The molecule has 0 amide bonds. The number of thioether (sulfide) groups is 1. The van der Waals surface area contributed by atoms with Gasteiger partial charge in [0.15, 0.2) is 10.2 Å². The summed E-state index contributed by atoms with van der Waals surface area (Å²) in [4.78, 5) is 8.06. The van der Waals surface area contributed by atoms with E-state index >= 15 is 0 Å². The zero-order valence-corrected chi connectivity index (χ0v) is 13.3. The van der Waals surface area contributed by atoms with Gasteiger partial charge in [-0.05, 0) is 23.2 Å². The van der Waals surface area contributed by atoms with Crippen LogP contribution in [0, 0.1) is 0 Å². The summed E-state index contributed by atoms with van der Waals surface area (Å²) in [5, 5.41) is 3.26. The third-order valence-electron chi connectivity index (χ3n) is 3.67. The Kier molecular flexibility index (Phi) is 3.05. The maximum Gasteiger partial charge on any atom is 0.174 e. The van der Waals surface area contributed by atoms with Gasteiger partial charge in [-0.25, -0.2) is 0 Å². The highest BCUT2D eigenvalue weighted by Gasteiger charge is 2.32. The lowest BCUT2D eigenvalue weighted by molar-refractivity contribution is 0.427. The summed E-state index contributed by atoms with van der Waals surface area (Å²) >= 11 is 3.41. The lowest BCUT2D eigenvalue weighted by atomic mass is 10.1. The summed E-state index contributed by atoms with van der Waals surface area (Å²) in [6.45, 7) is 5.79. The zero-order valence-electron chi connectivity index (χ0n) is 11.6. The third kappa shape index (κ3) is 1.92. The molecule has 0 fully saturated rings. The van der Waals surface area contributed by atoms with Gasteiger partial charge in [-0.1, -0.05) is 42.2 Å². The molecule has 0 bridgehead atoms. The van der Waals surface area contributed by atoms with Crippen molar-refractivity contribution in [3.8, 4) is 5.06 Å². The highest BCUT2D eigenvalue weighted by molar-refractivity contribution is 8.17. The van der Waals surface area contributed by atoms with Gasteiger partial charge in [0.1, 0.15) is 0 Å². The van der Waals surface area contributed by atoms with Crippen molar-refractivity contribution in [3.63, 3.8) is 0 Å². The normalized spacial score (nSPS) is 17.4. The van der Waals surface area contributed by atoms with E-state index < -0.39 is 0 Å². The molecule has 3 heterocycles. The van der Waals surface area contributed by atoms with Crippen LogP contribution in [0.2, 0.25) is 0 Å². The quantitative estimate of drug-likeness (QED) is 0.849. The van der Waals surface area contributed by atoms with Gasteiger partial charge in [-0.15, -0.1) is 0 Å². The predicted octanol–water partition coefficient (Wildman–Crippen LogP) is 4.18. The fraction of sp³-hybridized carbons (Fsp3) is 0.188. The number of amidine groups is 1. The highest BCUT2D eigenvalue weighted by Crippen LogP contribution is 2.45. The molecular formula is C16H14N2OS2. The minimum Gasteiger partial charge on any atom is -0.487 e. The van der Waals surface area contributed by atoms with Gasteiger partial charge < -0.3 is 9.64 Å². The molecule has 0 aliphatic carbocycles. The minimum absolute atomic E-state index is 0.875. The molecule has 1 aromatic carbocycles. The van der Waals surface area contributed by atoms with Crippen LogP contribution in [-0.2, 0) is 0 Å². The van der Waals surface area contributed by atoms with E-state index in [-0.39, 0.29) is 0 Å².